The number of carbonyl (C=O) groups excluding carboxylic acids is 1. The second-order valence-corrected chi connectivity index (χ2v) is 4.24. The molecule has 0 aliphatic carbocycles. The molecule has 1 atom stereocenters. The number of nitrogens with zero attached hydrogens (tertiary/aromatic N) is 1. The molecule has 1 aromatic carbocycles. The first-order valence-electron chi connectivity index (χ1n) is 6.00. The second-order valence-electron chi connectivity index (χ2n) is 4.24. The number of hydrogen-bond donors (Lipinski definition) is 2. The highest BCUT2D eigenvalue weighted by atomic mass is 16.1. The fourth-order valence-corrected chi connectivity index (χ4v) is 2.08. The zero-order chi connectivity index (χ0) is 13.0. The van der Waals surface area contributed by atoms with E-state index in [-0.39, 0.29) is 11.8 Å². The summed E-state index contributed by atoms with van der Waals surface area (Å²) in [5.41, 5.74) is 7.67. The molecule has 0 saturated heterocycles. The van der Waals surface area contributed by atoms with Crippen molar-refractivity contribution in [3.8, 4) is 0 Å². The molecule has 2 aromatic rings. The van der Waals surface area contributed by atoms with Gasteiger partial charge in [-0.25, -0.2) is 0 Å². The Balaban J connectivity index is 2.33. The number of pyridine rings is 1. The lowest BCUT2D eigenvalue weighted by Gasteiger charge is -2.14. The molecular formula is C14H17N3O. The summed E-state index contributed by atoms with van der Waals surface area (Å²) in [6.45, 7) is 0.336. The van der Waals surface area contributed by atoms with Crippen LogP contribution < -0.4 is 11.1 Å². The van der Waals surface area contributed by atoms with E-state index in [1.165, 1.54) is 0 Å². The van der Waals surface area contributed by atoms with E-state index in [4.69, 9.17) is 5.73 Å². The third-order valence-corrected chi connectivity index (χ3v) is 3.08. The zero-order valence-corrected chi connectivity index (χ0v) is 10.4. The van der Waals surface area contributed by atoms with Crippen molar-refractivity contribution in [2.45, 2.75) is 6.42 Å². The molecule has 0 saturated carbocycles. The SMILES string of the molecule is CNC(=O)C(CN)Cc1cccc2cccnc12. The molecule has 0 fully saturated rings. The quantitative estimate of drug-likeness (QED) is 0.845. The van der Waals surface area contributed by atoms with Crippen LogP contribution in [0.4, 0.5) is 0 Å². The molecule has 2 rings (SSSR count). The number of nitrogens with one attached hydrogen (secondary N) is 1. The van der Waals surface area contributed by atoms with Crippen LogP contribution in [0.2, 0.25) is 0 Å². The number of nitrogens with two attached hydrogens (primary N) is 1. The molecule has 1 amide bonds. The average Bonchev–Trinajstić information content (AvgIpc) is 2.44. The van der Waals surface area contributed by atoms with Crippen LogP contribution in [0, 0.1) is 5.92 Å². The maximum absolute atomic E-state index is 11.7. The first-order valence-corrected chi connectivity index (χ1v) is 6.00. The molecule has 0 aliphatic heterocycles. The minimum atomic E-state index is -0.206. The lowest BCUT2D eigenvalue weighted by atomic mass is 9.96. The van der Waals surface area contributed by atoms with Gasteiger partial charge in [0.15, 0.2) is 0 Å². The van der Waals surface area contributed by atoms with Crippen molar-refractivity contribution in [2.24, 2.45) is 11.7 Å². The third kappa shape index (κ3) is 2.49. The number of rotatable bonds is 4. The molecule has 94 valence electrons. The summed E-state index contributed by atoms with van der Waals surface area (Å²) in [5.74, 6) is -0.229. The van der Waals surface area contributed by atoms with Gasteiger partial charge < -0.3 is 11.1 Å². The van der Waals surface area contributed by atoms with Crippen LogP contribution in [0.25, 0.3) is 10.9 Å². The minimum Gasteiger partial charge on any atom is -0.359 e. The van der Waals surface area contributed by atoms with Gasteiger partial charge in [-0.3, -0.25) is 9.78 Å². The van der Waals surface area contributed by atoms with Gasteiger partial charge >= 0.3 is 0 Å². The number of aromatic nitrogens is 1. The summed E-state index contributed by atoms with van der Waals surface area (Å²) in [6.07, 6.45) is 2.38. The van der Waals surface area contributed by atoms with Crippen LogP contribution >= 0.6 is 0 Å². The third-order valence-electron chi connectivity index (χ3n) is 3.08. The van der Waals surface area contributed by atoms with Gasteiger partial charge in [-0.2, -0.15) is 0 Å². The predicted octanol–water partition coefficient (Wildman–Crippen LogP) is 1.10. The van der Waals surface area contributed by atoms with E-state index in [0.29, 0.717) is 13.0 Å². The first-order chi connectivity index (χ1) is 8.76. The summed E-state index contributed by atoms with van der Waals surface area (Å²) in [4.78, 5) is 16.1. The number of hydrogen-bond acceptors (Lipinski definition) is 3. The van der Waals surface area contributed by atoms with Crippen molar-refractivity contribution in [2.75, 3.05) is 13.6 Å². The molecule has 4 heteroatoms. The molecule has 18 heavy (non-hydrogen) atoms. The van der Waals surface area contributed by atoms with E-state index in [9.17, 15) is 4.79 Å². The van der Waals surface area contributed by atoms with Crippen LogP contribution in [0.1, 0.15) is 5.56 Å². The van der Waals surface area contributed by atoms with Crippen molar-refractivity contribution >= 4 is 16.8 Å². The van der Waals surface area contributed by atoms with Crippen LogP contribution in [0.5, 0.6) is 0 Å². The molecule has 0 radical (unpaired) electrons. The van der Waals surface area contributed by atoms with E-state index in [1.54, 1.807) is 13.2 Å². The first kappa shape index (κ1) is 12.5. The van der Waals surface area contributed by atoms with Gasteiger partial charge in [0.25, 0.3) is 0 Å². The standard InChI is InChI=1S/C14H17N3O/c1-16-14(18)12(9-15)8-11-5-2-4-10-6-3-7-17-13(10)11/h2-7,12H,8-9,15H2,1H3,(H,16,18). The Hall–Kier alpha value is -1.94. The van der Waals surface area contributed by atoms with Crippen molar-refractivity contribution in [1.29, 1.82) is 0 Å². The smallest absolute Gasteiger partial charge is 0.224 e. The van der Waals surface area contributed by atoms with Gasteiger partial charge in [0.05, 0.1) is 11.4 Å². The van der Waals surface area contributed by atoms with Crippen LogP contribution in [0.3, 0.4) is 0 Å². The lowest BCUT2D eigenvalue weighted by Crippen LogP contribution is -2.34. The van der Waals surface area contributed by atoms with E-state index < -0.39 is 0 Å². The van der Waals surface area contributed by atoms with Gasteiger partial charge in [0, 0.05) is 25.2 Å². The number of amides is 1. The van der Waals surface area contributed by atoms with Gasteiger partial charge in [-0.1, -0.05) is 24.3 Å². The number of benzene rings is 1. The predicted molar refractivity (Wildman–Crippen MR) is 72.1 cm³/mol. The van der Waals surface area contributed by atoms with Crippen molar-refractivity contribution < 1.29 is 4.79 Å². The van der Waals surface area contributed by atoms with Crippen molar-refractivity contribution in [3.05, 3.63) is 42.1 Å². The highest BCUT2D eigenvalue weighted by Crippen LogP contribution is 2.19. The highest BCUT2D eigenvalue weighted by Gasteiger charge is 2.17. The Morgan fingerprint density at radius 1 is 1.39 bits per heavy atom. The molecule has 3 N–H and O–H groups in total. The summed E-state index contributed by atoms with van der Waals surface area (Å²) < 4.78 is 0. The normalized spacial score (nSPS) is 12.3. The minimum absolute atomic E-state index is 0.0227. The van der Waals surface area contributed by atoms with E-state index in [0.717, 1.165) is 16.5 Å². The monoisotopic (exact) mass is 243 g/mol. The molecule has 1 heterocycles. The molecule has 0 aliphatic rings. The topological polar surface area (TPSA) is 68.0 Å². The fraction of sp³-hybridized carbons (Fsp3) is 0.286. The van der Waals surface area contributed by atoms with Crippen molar-refractivity contribution in [1.82, 2.24) is 10.3 Å². The number of carbonyl (C=O) groups is 1. The molecule has 4 nitrogen and oxygen atoms in total. The van der Waals surface area contributed by atoms with Crippen LogP contribution in [0.15, 0.2) is 36.5 Å². The number of fused-ring (bicyclic) bond motifs is 1. The summed E-state index contributed by atoms with van der Waals surface area (Å²) >= 11 is 0. The fourth-order valence-electron chi connectivity index (χ4n) is 2.08. The largest absolute Gasteiger partial charge is 0.359 e. The molecular weight excluding hydrogens is 226 g/mol. The molecule has 0 spiro atoms. The Kier molecular flexibility index (Phi) is 3.89. The Labute approximate surface area is 106 Å². The Bertz CT molecular complexity index is 548. The Morgan fingerprint density at radius 2 is 2.17 bits per heavy atom. The Morgan fingerprint density at radius 3 is 2.89 bits per heavy atom. The van der Waals surface area contributed by atoms with E-state index in [2.05, 4.69) is 10.3 Å². The molecule has 1 aromatic heterocycles. The van der Waals surface area contributed by atoms with Crippen molar-refractivity contribution in [3.63, 3.8) is 0 Å². The van der Waals surface area contributed by atoms with E-state index >= 15 is 0 Å². The molecule has 0 bridgehead atoms. The van der Waals surface area contributed by atoms with Gasteiger partial charge in [0.1, 0.15) is 0 Å². The average molecular weight is 243 g/mol. The summed E-state index contributed by atoms with van der Waals surface area (Å²) in [5, 5.41) is 3.73. The summed E-state index contributed by atoms with van der Waals surface area (Å²) in [7, 11) is 1.63. The van der Waals surface area contributed by atoms with Gasteiger partial charge in [0.2, 0.25) is 5.91 Å². The van der Waals surface area contributed by atoms with Gasteiger partial charge in [-0.05, 0) is 18.1 Å². The lowest BCUT2D eigenvalue weighted by molar-refractivity contribution is -0.124. The van der Waals surface area contributed by atoms with Gasteiger partial charge in [-0.15, -0.1) is 0 Å². The maximum atomic E-state index is 11.7. The summed E-state index contributed by atoms with van der Waals surface area (Å²) in [6, 6.07) is 9.93. The van der Waals surface area contributed by atoms with E-state index in [1.807, 2.05) is 30.3 Å². The van der Waals surface area contributed by atoms with Crippen LogP contribution in [-0.4, -0.2) is 24.5 Å². The van der Waals surface area contributed by atoms with Crippen LogP contribution in [-0.2, 0) is 11.2 Å². The number of para-hydroxylation sites is 1. The zero-order valence-electron chi connectivity index (χ0n) is 10.4. The molecule has 1 unspecified atom stereocenters. The second kappa shape index (κ2) is 5.60. The maximum Gasteiger partial charge on any atom is 0.224 e. The highest BCUT2D eigenvalue weighted by molar-refractivity contribution is 5.83.